The number of fused-ring (bicyclic) bond motifs is 3. The second-order valence-electron chi connectivity index (χ2n) is 5.92. The first-order valence-corrected chi connectivity index (χ1v) is 8.15. The van der Waals surface area contributed by atoms with E-state index in [0.717, 1.165) is 30.1 Å². The van der Waals surface area contributed by atoms with Gasteiger partial charge in [-0.15, -0.1) is 0 Å². The molecule has 0 saturated carbocycles. The van der Waals surface area contributed by atoms with Crippen LogP contribution in [0.4, 0.5) is 0 Å². The van der Waals surface area contributed by atoms with Gasteiger partial charge in [0.1, 0.15) is 6.10 Å². The lowest BCUT2D eigenvalue weighted by atomic mass is 9.97. The molecule has 1 saturated heterocycles. The molecular formula is C18H19NOS. The van der Waals surface area contributed by atoms with Crippen molar-refractivity contribution >= 4 is 27.9 Å². The summed E-state index contributed by atoms with van der Waals surface area (Å²) in [4.78, 5) is 0.930. The highest BCUT2D eigenvalue weighted by Crippen LogP contribution is 2.30. The van der Waals surface area contributed by atoms with E-state index < -0.39 is 0 Å². The van der Waals surface area contributed by atoms with Crippen LogP contribution in [0.3, 0.4) is 0 Å². The zero-order chi connectivity index (χ0) is 14.2. The van der Waals surface area contributed by atoms with Gasteiger partial charge in [-0.25, -0.2) is 0 Å². The summed E-state index contributed by atoms with van der Waals surface area (Å²) in [5.74, 6) is 0. The molecule has 3 heteroatoms. The highest BCUT2D eigenvalue weighted by Gasteiger charge is 2.20. The molecule has 1 heterocycles. The summed E-state index contributed by atoms with van der Waals surface area (Å²) in [6.45, 7) is 2.49. The average molecular weight is 297 g/mol. The fourth-order valence-electron chi connectivity index (χ4n) is 3.48. The van der Waals surface area contributed by atoms with E-state index in [2.05, 4.69) is 35.6 Å². The molecule has 0 spiro atoms. The van der Waals surface area contributed by atoms with Crippen molar-refractivity contribution in [1.82, 2.24) is 5.32 Å². The first-order valence-electron chi connectivity index (χ1n) is 7.74. The van der Waals surface area contributed by atoms with Crippen molar-refractivity contribution in [1.29, 1.82) is 0 Å². The van der Waals surface area contributed by atoms with Crippen LogP contribution in [0.15, 0.2) is 30.3 Å². The number of ether oxygens (including phenoxy) is 1. The summed E-state index contributed by atoms with van der Waals surface area (Å²) in [5, 5.41) is 6.06. The normalized spacial score (nSPS) is 21.4. The minimum absolute atomic E-state index is 0.0305. The van der Waals surface area contributed by atoms with Gasteiger partial charge in [-0.2, -0.15) is 0 Å². The molecule has 21 heavy (non-hydrogen) atoms. The lowest BCUT2D eigenvalue weighted by Crippen LogP contribution is -2.42. The molecule has 1 fully saturated rings. The molecule has 2 aromatic carbocycles. The van der Waals surface area contributed by atoms with E-state index in [0.29, 0.717) is 0 Å². The minimum Gasteiger partial charge on any atom is -0.370 e. The van der Waals surface area contributed by atoms with Gasteiger partial charge in [0.05, 0.1) is 11.5 Å². The van der Waals surface area contributed by atoms with E-state index in [-0.39, 0.29) is 6.10 Å². The number of hydrogen-bond donors (Lipinski definition) is 1. The number of nitrogens with one attached hydrogen (secondary N) is 1. The molecule has 0 bridgehead atoms. The Bertz CT molecular complexity index is 704. The minimum atomic E-state index is 0.0305. The van der Waals surface area contributed by atoms with Gasteiger partial charge in [0.2, 0.25) is 0 Å². The second-order valence-corrected chi connectivity index (χ2v) is 6.36. The molecule has 1 aliphatic heterocycles. The molecule has 2 aliphatic rings. The summed E-state index contributed by atoms with van der Waals surface area (Å²) in [6.07, 6.45) is 3.72. The third kappa shape index (κ3) is 2.39. The number of thiocarbonyl (C=S) groups is 1. The van der Waals surface area contributed by atoms with Gasteiger partial charge in [-0.1, -0.05) is 36.5 Å². The van der Waals surface area contributed by atoms with Crippen LogP contribution in [0.2, 0.25) is 0 Å². The van der Waals surface area contributed by atoms with Crippen LogP contribution in [-0.2, 0) is 17.6 Å². The Morgan fingerprint density at radius 1 is 1.19 bits per heavy atom. The van der Waals surface area contributed by atoms with Crippen molar-refractivity contribution in [3.63, 3.8) is 0 Å². The Kier molecular flexibility index (Phi) is 3.49. The van der Waals surface area contributed by atoms with E-state index in [9.17, 15) is 0 Å². The van der Waals surface area contributed by atoms with Crippen molar-refractivity contribution in [3.8, 4) is 0 Å². The zero-order valence-corrected chi connectivity index (χ0v) is 12.8. The predicted octanol–water partition coefficient (Wildman–Crippen LogP) is 3.03. The van der Waals surface area contributed by atoms with E-state index in [4.69, 9.17) is 17.0 Å². The lowest BCUT2D eigenvalue weighted by molar-refractivity contribution is 0.0729. The van der Waals surface area contributed by atoms with Crippen molar-refractivity contribution < 1.29 is 4.74 Å². The number of benzene rings is 2. The monoisotopic (exact) mass is 297 g/mol. The Labute approximate surface area is 130 Å². The van der Waals surface area contributed by atoms with Gasteiger partial charge >= 0.3 is 0 Å². The quantitative estimate of drug-likeness (QED) is 0.680. The predicted molar refractivity (Wildman–Crippen MR) is 90.3 cm³/mol. The molecule has 1 atom stereocenters. The summed E-state index contributed by atoms with van der Waals surface area (Å²) in [6, 6.07) is 11.2. The van der Waals surface area contributed by atoms with Crippen LogP contribution < -0.4 is 5.32 Å². The summed E-state index contributed by atoms with van der Waals surface area (Å²) >= 11 is 5.67. The van der Waals surface area contributed by atoms with Crippen LogP contribution >= 0.6 is 12.2 Å². The maximum Gasteiger partial charge on any atom is 0.106 e. The van der Waals surface area contributed by atoms with Gasteiger partial charge in [-0.05, 0) is 52.8 Å². The lowest BCUT2D eigenvalue weighted by Gasteiger charge is -2.24. The first-order chi connectivity index (χ1) is 10.3. The zero-order valence-electron chi connectivity index (χ0n) is 12.0. The van der Waals surface area contributed by atoms with Crippen molar-refractivity contribution in [2.45, 2.75) is 25.4 Å². The molecule has 0 radical (unpaired) electrons. The number of rotatable bonds is 2. The number of aryl methyl sites for hydroxylation is 2. The number of morpholine rings is 1. The average Bonchev–Trinajstić information content (AvgIpc) is 3.03. The highest BCUT2D eigenvalue weighted by molar-refractivity contribution is 7.81. The van der Waals surface area contributed by atoms with Crippen molar-refractivity contribution in [2.75, 3.05) is 19.7 Å². The van der Waals surface area contributed by atoms with Crippen molar-refractivity contribution in [3.05, 3.63) is 47.0 Å². The van der Waals surface area contributed by atoms with Crippen molar-refractivity contribution in [2.24, 2.45) is 0 Å². The third-order valence-electron chi connectivity index (χ3n) is 4.61. The molecule has 1 unspecified atom stereocenters. The van der Waals surface area contributed by atoms with Gasteiger partial charge in [0.15, 0.2) is 0 Å². The van der Waals surface area contributed by atoms with Crippen LogP contribution in [0.1, 0.15) is 23.1 Å². The topological polar surface area (TPSA) is 21.3 Å². The van der Waals surface area contributed by atoms with Gasteiger partial charge in [0, 0.05) is 13.1 Å². The Hall–Kier alpha value is -1.29. The molecule has 1 aliphatic carbocycles. The van der Waals surface area contributed by atoms with E-state index in [1.54, 1.807) is 0 Å². The SMILES string of the molecule is S=C(c1ccc2ccc3c(c2c1)CCC3)C1CNCCO1. The van der Waals surface area contributed by atoms with E-state index in [1.165, 1.54) is 41.2 Å². The molecule has 0 aromatic heterocycles. The largest absolute Gasteiger partial charge is 0.370 e. The van der Waals surface area contributed by atoms with Crippen LogP contribution in [0, 0.1) is 0 Å². The molecule has 4 rings (SSSR count). The maximum absolute atomic E-state index is 5.80. The summed E-state index contributed by atoms with van der Waals surface area (Å²) in [7, 11) is 0. The first kappa shape index (κ1) is 13.4. The van der Waals surface area contributed by atoms with E-state index in [1.807, 2.05) is 0 Å². The smallest absolute Gasteiger partial charge is 0.106 e. The molecule has 0 amide bonds. The van der Waals surface area contributed by atoms with Gasteiger partial charge in [-0.3, -0.25) is 0 Å². The second kappa shape index (κ2) is 5.48. The van der Waals surface area contributed by atoms with Gasteiger partial charge < -0.3 is 10.1 Å². The molecule has 2 nitrogen and oxygen atoms in total. The molecule has 108 valence electrons. The van der Waals surface area contributed by atoms with Crippen LogP contribution in [-0.4, -0.2) is 30.7 Å². The highest BCUT2D eigenvalue weighted by atomic mass is 32.1. The van der Waals surface area contributed by atoms with Gasteiger partial charge in [0.25, 0.3) is 0 Å². The molecule has 2 aromatic rings. The molecular weight excluding hydrogens is 278 g/mol. The van der Waals surface area contributed by atoms with E-state index >= 15 is 0 Å². The Balaban J connectivity index is 1.74. The Morgan fingerprint density at radius 3 is 2.95 bits per heavy atom. The standard InChI is InChI=1S/C18H19NOS/c21-18(17-11-19-8-9-20-17)14-7-6-13-5-4-12-2-1-3-15(12)16(13)10-14/h4-7,10,17,19H,1-3,8-9,11H2. The summed E-state index contributed by atoms with van der Waals surface area (Å²) < 4.78 is 5.80. The fourth-order valence-corrected chi connectivity index (χ4v) is 3.76. The summed E-state index contributed by atoms with van der Waals surface area (Å²) in [5.41, 5.74) is 4.19. The maximum atomic E-state index is 5.80. The number of hydrogen-bond acceptors (Lipinski definition) is 3. The fraction of sp³-hybridized carbons (Fsp3) is 0.389. The van der Waals surface area contributed by atoms with Crippen LogP contribution in [0.5, 0.6) is 0 Å². The Morgan fingerprint density at radius 2 is 2.10 bits per heavy atom. The van der Waals surface area contributed by atoms with Crippen LogP contribution in [0.25, 0.3) is 10.8 Å². The molecule has 1 N–H and O–H groups in total. The third-order valence-corrected chi connectivity index (χ3v) is 5.11.